The monoisotopic (exact) mass is 292 g/mol. The number of nitrogen functional groups attached to an aromatic ring is 1. The van der Waals surface area contributed by atoms with Gasteiger partial charge >= 0.3 is 0 Å². The van der Waals surface area contributed by atoms with Crippen LogP contribution in [0.25, 0.3) is 0 Å². The molecule has 1 unspecified atom stereocenters. The van der Waals surface area contributed by atoms with E-state index in [9.17, 15) is 0 Å². The Morgan fingerprint density at radius 2 is 1.81 bits per heavy atom. The lowest BCUT2D eigenvalue weighted by atomic mass is 10.0. The molecule has 0 bridgehead atoms. The predicted octanol–water partition coefficient (Wildman–Crippen LogP) is 2.17. The van der Waals surface area contributed by atoms with Crippen molar-refractivity contribution in [2.45, 2.75) is 52.0 Å². The van der Waals surface area contributed by atoms with Gasteiger partial charge in [-0.25, -0.2) is 15.8 Å². The molecule has 2 heterocycles. The molecule has 6 heteroatoms. The molecule has 0 aliphatic carbocycles. The summed E-state index contributed by atoms with van der Waals surface area (Å²) in [5, 5.41) is 3.48. The summed E-state index contributed by atoms with van der Waals surface area (Å²) in [5.74, 6) is 7.45. The van der Waals surface area contributed by atoms with Gasteiger partial charge in [-0.15, -0.1) is 0 Å². The summed E-state index contributed by atoms with van der Waals surface area (Å²) < 4.78 is 0. The van der Waals surface area contributed by atoms with E-state index in [-0.39, 0.29) is 0 Å². The second kappa shape index (κ2) is 7.56. The third kappa shape index (κ3) is 4.04. The molecule has 4 N–H and O–H groups in total. The Labute approximate surface area is 127 Å². The van der Waals surface area contributed by atoms with E-state index in [1.165, 1.54) is 32.4 Å². The molecule has 0 saturated carbocycles. The average Bonchev–Trinajstić information content (AvgIpc) is 2.52. The summed E-state index contributed by atoms with van der Waals surface area (Å²) >= 11 is 0. The van der Waals surface area contributed by atoms with Gasteiger partial charge in [-0.05, 0) is 38.8 Å². The minimum atomic E-state index is 0.310. The number of nitrogens with zero attached hydrogens (tertiary/aromatic N) is 3. The van der Waals surface area contributed by atoms with Crippen molar-refractivity contribution in [3.05, 3.63) is 11.9 Å². The van der Waals surface area contributed by atoms with Gasteiger partial charge in [-0.2, -0.15) is 0 Å². The smallest absolute Gasteiger partial charge is 0.148 e. The van der Waals surface area contributed by atoms with Gasteiger partial charge in [-0.1, -0.05) is 20.3 Å². The van der Waals surface area contributed by atoms with Gasteiger partial charge in [0.2, 0.25) is 0 Å². The van der Waals surface area contributed by atoms with Crippen LogP contribution in [0.15, 0.2) is 6.33 Å². The van der Waals surface area contributed by atoms with Crippen molar-refractivity contribution >= 4 is 11.6 Å². The number of nitrogens with one attached hydrogen (secondary N) is 2. The molecule has 2 rings (SSSR count). The number of hydrazine groups is 1. The quantitative estimate of drug-likeness (QED) is 0.551. The zero-order valence-corrected chi connectivity index (χ0v) is 13.4. The molecule has 1 saturated heterocycles. The number of anilines is 2. The molecule has 0 radical (unpaired) electrons. The van der Waals surface area contributed by atoms with E-state index in [4.69, 9.17) is 5.84 Å². The number of aromatic nitrogens is 2. The van der Waals surface area contributed by atoms with Crippen LogP contribution in [0.3, 0.4) is 0 Å². The Morgan fingerprint density at radius 3 is 2.43 bits per heavy atom. The number of hydrogen-bond donors (Lipinski definition) is 3. The minimum Gasteiger partial charge on any atom is -0.368 e. The van der Waals surface area contributed by atoms with Crippen molar-refractivity contribution in [3.63, 3.8) is 0 Å². The molecule has 1 atom stereocenters. The van der Waals surface area contributed by atoms with Crippen molar-refractivity contribution < 1.29 is 0 Å². The fourth-order valence-corrected chi connectivity index (χ4v) is 2.93. The van der Waals surface area contributed by atoms with Gasteiger partial charge in [0, 0.05) is 18.2 Å². The third-order valence-electron chi connectivity index (χ3n) is 4.18. The van der Waals surface area contributed by atoms with E-state index in [0.717, 1.165) is 17.9 Å². The van der Waals surface area contributed by atoms with E-state index in [1.807, 2.05) is 0 Å². The summed E-state index contributed by atoms with van der Waals surface area (Å²) in [6, 6.07) is 0.509. The fourth-order valence-electron chi connectivity index (χ4n) is 2.93. The number of likely N-dealkylation sites (tertiary alicyclic amines) is 1. The number of hydrogen-bond acceptors (Lipinski definition) is 6. The highest BCUT2D eigenvalue weighted by Crippen LogP contribution is 2.27. The SMILES string of the molecule is CC(C)c1c(NN)ncnc1NCC(C)N1CCCCC1. The Morgan fingerprint density at radius 1 is 1.14 bits per heavy atom. The lowest BCUT2D eigenvalue weighted by molar-refractivity contribution is 0.180. The molecule has 0 amide bonds. The van der Waals surface area contributed by atoms with Crippen LogP contribution in [0.4, 0.5) is 11.6 Å². The zero-order chi connectivity index (χ0) is 15.2. The molecule has 0 spiro atoms. The minimum absolute atomic E-state index is 0.310. The van der Waals surface area contributed by atoms with E-state index in [1.54, 1.807) is 6.33 Å². The highest BCUT2D eigenvalue weighted by atomic mass is 15.3. The highest BCUT2D eigenvalue weighted by Gasteiger charge is 2.18. The fraction of sp³-hybridized carbons (Fsp3) is 0.733. The van der Waals surface area contributed by atoms with E-state index < -0.39 is 0 Å². The standard InChI is InChI=1S/C15H28N6/c1-11(2)13-14(18-10-19-15(13)20-16)17-9-12(3)21-7-5-4-6-8-21/h10-12H,4-9,16H2,1-3H3,(H2,17,18,19,20). The molecule has 1 aliphatic heterocycles. The van der Waals surface area contributed by atoms with Gasteiger partial charge in [0.15, 0.2) is 0 Å². The van der Waals surface area contributed by atoms with Crippen LogP contribution in [-0.2, 0) is 0 Å². The molecule has 118 valence electrons. The summed E-state index contributed by atoms with van der Waals surface area (Å²) in [5.41, 5.74) is 3.71. The maximum Gasteiger partial charge on any atom is 0.148 e. The van der Waals surface area contributed by atoms with Crippen LogP contribution in [0.2, 0.25) is 0 Å². The molecule has 1 aromatic heterocycles. The van der Waals surface area contributed by atoms with Crippen LogP contribution in [-0.4, -0.2) is 40.5 Å². The van der Waals surface area contributed by atoms with Gasteiger partial charge < -0.3 is 10.7 Å². The van der Waals surface area contributed by atoms with Crippen molar-refractivity contribution in [1.29, 1.82) is 0 Å². The largest absolute Gasteiger partial charge is 0.368 e. The summed E-state index contributed by atoms with van der Waals surface area (Å²) in [7, 11) is 0. The third-order valence-corrected chi connectivity index (χ3v) is 4.18. The maximum absolute atomic E-state index is 5.55. The summed E-state index contributed by atoms with van der Waals surface area (Å²) in [4.78, 5) is 11.1. The summed E-state index contributed by atoms with van der Waals surface area (Å²) in [6.45, 7) is 9.83. The average molecular weight is 292 g/mol. The molecule has 1 aliphatic rings. The number of piperidine rings is 1. The topological polar surface area (TPSA) is 79.1 Å². The Hall–Kier alpha value is -1.40. The van der Waals surface area contributed by atoms with Crippen LogP contribution in [0, 0.1) is 0 Å². The normalized spacial score (nSPS) is 17.8. The Balaban J connectivity index is 2.02. The van der Waals surface area contributed by atoms with Crippen molar-refractivity contribution in [2.24, 2.45) is 5.84 Å². The molecule has 1 fully saturated rings. The zero-order valence-electron chi connectivity index (χ0n) is 13.4. The molecule has 6 nitrogen and oxygen atoms in total. The van der Waals surface area contributed by atoms with E-state index in [0.29, 0.717) is 17.8 Å². The first-order valence-electron chi connectivity index (χ1n) is 7.93. The molecule has 1 aromatic rings. The molecule has 0 aromatic carbocycles. The van der Waals surface area contributed by atoms with Crippen LogP contribution in [0.5, 0.6) is 0 Å². The highest BCUT2D eigenvalue weighted by molar-refractivity contribution is 5.58. The maximum atomic E-state index is 5.55. The van der Waals surface area contributed by atoms with Gasteiger partial charge in [0.05, 0.1) is 0 Å². The second-order valence-electron chi connectivity index (χ2n) is 6.11. The Kier molecular flexibility index (Phi) is 5.76. The molecule has 21 heavy (non-hydrogen) atoms. The molecular formula is C15H28N6. The van der Waals surface area contributed by atoms with Crippen molar-refractivity contribution in [3.8, 4) is 0 Å². The van der Waals surface area contributed by atoms with Gasteiger partial charge in [-0.3, -0.25) is 4.90 Å². The van der Waals surface area contributed by atoms with E-state index >= 15 is 0 Å². The first-order valence-corrected chi connectivity index (χ1v) is 7.93. The van der Waals surface area contributed by atoms with Crippen molar-refractivity contribution in [2.75, 3.05) is 30.4 Å². The predicted molar refractivity (Wildman–Crippen MR) is 87.3 cm³/mol. The first-order chi connectivity index (χ1) is 10.1. The van der Waals surface area contributed by atoms with E-state index in [2.05, 4.69) is 46.4 Å². The number of rotatable bonds is 6. The second-order valence-corrected chi connectivity index (χ2v) is 6.11. The number of nitrogens with two attached hydrogens (primary N) is 1. The molecular weight excluding hydrogens is 264 g/mol. The van der Waals surface area contributed by atoms with Crippen LogP contribution in [0.1, 0.15) is 51.5 Å². The van der Waals surface area contributed by atoms with Crippen LogP contribution < -0.4 is 16.6 Å². The Bertz CT molecular complexity index is 442. The van der Waals surface area contributed by atoms with Crippen LogP contribution >= 0.6 is 0 Å². The lowest BCUT2D eigenvalue weighted by Crippen LogP contribution is -2.41. The van der Waals surface area contributed by atoms with Crippen molar-refractivity contribution in [1.82, 2.24) is 14.9 Å². The first kappa shape index (κ1) is 16.0. The lowest BCUT2D eigenvalue weighted by Gasteiger charge is -2.32. The van der Waals surface area contributed by atoms with Gasteiger partial charge in [0.1, 0.15) is 18.0 Å². The van der Waals surface area contributed by atoms with Gasteiger partial charge in [0.25, 0.3) is 0 Å². The summed E-state index contributed by atoms with van der Waals surface area (Å²) in [6.07, 6.45) is 5.55.